The van der Waals surface area contributed by atoms with Gasteiger partial charge in [0.1, 0.15) is 0 Å². The van der Waals surface area contributed by atoms with Crippen LogP contribution >= 0.6 is 12.4 Å². The summed E-state index contributed by atoms with van der Waals surface area (Å²) in [7, 11) is 3.14. The zero-order valence-corrected chi connectivity index (χ0v) is 15.1. The van der Waals surface area contributed by atoms with E-state index in [1.165, 1.54) is 11.1 Å². The molecule has 0 aliphatic carbocycles. The second-order valence-electron chi connectivity index (χ2n) is 6.46. The second kappa shape index (κ2) is 6.65. The first-order chi connectivity index (χ1) is 11.6. The minimum Gasteiger partial charge on any atom is -0.504 e. The van der Waals surface area contributed by atoms with Crippen molar-refractivity contribution in [1.29, 1.82) is 0 Å². The number of rotatable bonds is 2. The van der Waals surface area contributed by atoms with Crippen LogP contribution in [-0.4, -0.2) is 35.9 Å². The highest BCUT2D eigenvalue weighted by atomic mass is 35.5. The molecule has 134 valence electrons. The molecule has 0 radical (unpaired) electrons. The van der Waals surface area contributed by atoms with E-state index in [4.69, 9.17) is 9.47 Å². The normalized spacial score (nSPS) is 18.4. The van der Waals surface area contributed by atoms with Gasteiger partial charge in [0.2, 0.25) is 0 Å². The third-order valence-corrected chi connectivity index (χ3v) is 5.20. The monoisotopic (exact) mass is 363 g/mol. The van der Waals surface area contributed by atoms with Gasteiger partial charge in [-0.15, -0.1) is 12.4 Å². The Hall–Kier alpha value is -2.11. The molecule has 0 amide bonds. The summed E-state index contributed by atoms with van der Waals surface area (Å²) in [5.74, 6) is 1.42. The van der Waals surface area contributed by atoms with E-state index in [-0.39, 0.29) is 29.9 Å². The van der Waals surface area contributed by atoms with Crippen LogP contribution in [0.1, 0.15) is 28.3 Å². The fourth-order valence-corrected chi connectivity index (χ4v) is 3.94. The lowest BCUT2D eigenvalue weighted by Crippen LogP contribution is -2.39. The molecule has 1 atom stereocenters. The van der Waals surface area contributed by atoms with Crippen LogP contribution in [0.2, 0.25) is 0 Å². The molecule has 2 aliphatic rings. The summed E-state index contributed by atoms with van der Waals surface area (Å²) in [6.07, 6.45) is 1.77. The molecule has 4 rings (SSSR count). The molecule has 2 aromatic rings. The Morgan fingerprint density at radius 1 is 0.920 bits per heavy atom. The van der Waals surface area contributed by atoms with E-state index in [1.54, 1.807) is 14.2 Å². The zero-order valence-electron chi connectivity index (χ0n) is 14.3. The molecule has 0 aromatic heterocycles. The molecule has 0 saturated carbocycles. The lowest BCUT2D eigenvalue weighted by Gasteiger charge is -2.41. The number of nitrogens with zero attached hydrogens (tertiary/aromatic N) is 1. The number of methoxy groups -OCH3 is 2. The van der Waals surface area contributed by atoms with Crippen molar-refractivity contribution in [2.24, 2.45) is 0 Å². The van der Waals surface area contributed by atoms with E-state index in [2.05, 4.69) is 4.90 Å². The largest absolute Gasteiger partial charge is 0.504 e. The Bertz CT molecular complexity index is 808. The molecule has 0 spiro atoms. The summed E-state index contributed by atoms with van der Waals surface area (Å²) in [5.41, 5.74) is 4.73. The minimum atomic E-state index is 0. The number of phenols is 2. The van der Waals surface area contributed by atoms with Gasteiger partial charge in [-0.3, -0.25) is 4.90 Å². The highest BCUT2D eigenvalue weighted by molar-refractivity contribution is 5.85. The van der Waals surface area contributed by atoms with Gasteiger partial charge in [0.05, 0.1) is 14.2 Å². The summed E-state index contributed by atoms with van der Waals surface area (Å²) in [6, 6.07) is 7.76. The summed E-state index contributed by atoms with van der Waals surface area (Å²) in [4.78, 5) is 2.41. The molecule has 0 fully saturated rings. The van der Waals surface area contributed by atoms with Crippen molar-refractivity contribution < 1.29 is 19.7 Å². The topological polar surface area (TPSA) is 62.2 Å². The summed E-state index contributed by atoms with van der Waals surface area (Å²) in [5, 5.41) is 20.2. The molecule has 6 heteroatoms. The van der Waals surface area contributed by atoms with Crippen molar-refractivity contribution in [2.45, 2.75) is 25.4 Å². The minimum absolute atomic E-state index is 0. The van der Waals surface area contributed by atoms with E-state index in [0.29, 0.717) is 11.5 Å². The molecule has 0 saturated heterocycles. The van der Waals surface area contributed by atoms with Crippen molar-refractivity contribution >= 4 is 12.4 Å². The lowest BCUT2D eigenvalue weighted by atomic mass is 9.83. The van der Waals surface area contributed by atoms with Gasteiger partial charge in [-0.05, 0) is 59.4 Å². The number of aromatic hydroxyl groups is 2. The highest BCUT2D eigenvalue weighted by Gasteiger charge is 2.33. The van der Waals surface area contributed by atoms with Crippen molar-refractivity contribution in [1.82, 2.24) is 4.90 Å². The van der Waals surface area contributed by atoms with Crippen molar-refractivity contribution in [3.05, 3.63) is 46.5 Å². The summed E-state index contributed by atoms with van der Waals surface area (Å²) in [6.45, 7) is 1.75. The Morgan fingerprint density at radius 3 is 2.24 bits per heavy atom. The molecule has 0 bridgehead atoms. The first kappa shape index (κ1) is 17.7. The number of fused-ring (bicyclic) bond motifs is 4. The Morgan fingerprint density at radius 2 is 1.56 bits per heavy atom. The Kier molecular flexibility index (Phi) is 4.71. The number of benzene rings is 2. The van der Waals surface area contributed by atoms with Gasteiger partial charge in [0.15, 0.2) is 23.0 Å². The van der Waals surface area contributed by atoms with Gasteiger partial charge >= 0.3 is 0 Å². The first-order valence-electron chi connectivity index (χ1n) is 8.13. The highest BCUT2D eigenvalue weighted by Crippen LogP contribution is 2.43. The van der Waals surface area contributed by atoms with E-state index in [1.807, 2.05) is 24.3 Å². The van der Waals surface area contributed by atoms with Crippen molar-refractivity contribution in [2.75, 3.05) is 20.8 Å². The van der Waals surface area contributed by atoms with Gasteiger partial charge in [-0.1, -0.05) is 0 Å². The predicted molar refractivity (Wildman–Crippen MR) is 97.1 cm³/mol. The van der Waals surface area contributed by atoms with E-state index >= 15 is 0 Å². The molecule has 25 heavy (non-hydrogen) atoms. The predicted octanol–water partition coefficient (Wildman–Crippen LogP) is 3.19. The molecule has 2 N–H and O–H groups in total. The molecular formula is C19H22ClNO4. The van der Waals surface area contributed by atoms with Crippen molar-refractivity contribution in [3.63, 3.8) is 0 Å². The van der Waals surface area contributed by atoms with E-state index < -0.39 is 0 Å². The van der Waals surface area contributed by atoms with Crippen LogP contribution in [0.25, 0.3) is 0 Å². The maximum absolute atomic E-state index is 10.2. The SMILES string of the molecule is COc1cc2c(cc1O)CN1CCc3cc(OC)c(O)cc3[C@H]1C2.Cl. The van der Waals surface area contributed by atoms with E-state index in [9.17, 15) is 10.2 Å². The number of ether oxygens (including phenoxy) is 2. The number of hydrogen-bond acceptors (Lipinski definition) is 5. The fraction of sp³-hybridized carbons (Fsp3) is 0.368. The van der Waals surface area contributed by atoms with Crippen LogP contribution in [0.5, 0.6) is 23.0 Å². The number of halogens is 1. The Labute approximate surface area is 153 Å². The number of hydrogen-bond donors (Lipinski definition) is 2. The zero-order chi connectivity index (χ0) is 16.8. The van der Waals surface area contributed by atoms with Crippen LogP contribution in [-0.2, 0) is 19.4 Å². The van der Waals surface area contributed by atoms with Crippen LogP contribution in [0.4, 0.5) is 0 Å². The standard InChI is InChI=1S/C19H21NO4.ClH/c1-23-18-7-11-3-4-20-10-13-6-16(21)19(24-2)8-12(13)5-15(20)14(11)9-17(18)22;/h6-9,15,21-22H,3-5,10H2,1-2H3;1H/t15-;/m1./s1. The fourth-order valence-electron chi connectivity index (χ4n) is 3.94. The third-order valence-electron chi connectivity index (χ3n) is 5.20. The Balaban J connectivity index is 0.00000182. The van der Waals surface area contributed by atoms with Gasteiger partial charge in [-0.2, -0.15) is 0 Å². The van der Waals surface area contributed by atoms with Gasteiger partial charge in [0.25, 0.3) is 0 Å². The molecular weight excluding hydrogens is 342 g/mol. The van der Waals surface area contributed by atoms with Crippen LogP contribution < -0.4 is 9.47 Å². The number of phenolic OH excluding ortho intramolecular Hbond substituents is 2. The van der Waals surface area contributed by atoms with Crippen LogP contribution in [0.15, 0.2) is 24.3 Å². The van der Waals surface area contributed by atoms with Crippen LogP contribution in [0, 0.1) is 0 Å². The smallest absolute Gasteiger partial charge is 0.160 e. The summed E-state index contributed by atoms with van der Waals surface area (Å²) >= 11 is 0. The van der Waals surface area contributed by atoms with E-state index in [0.717, 1.165) is 37.1 Å². The first-order valence-corrected chi connectivity index (χ1v) is 8.13. The van der Waals surface area contributed by atoms with Crippen LogP contribution in [0.3, 0.4) is 0 Å². The molecule has 2 aliphatic heterocycles. The van der Waals surface area contributed by atoms with Crippen molar-refractivity contribution in [3.8, 4) is 23.0 Å². The molecule has 2 heterocycles. The lowest BCUT2D eigenvalue weighted by molar-refractivity contribution is 0.160. The quantitative estimate of drug-likeness (QED) is 0.858. The third kappa shape index (κ3) is 2.87. The second-order valence-corrected chi connectivity index (χ2v) is 6.46. The summed E-state index contributed by atoms with van der Waals surface area (Å²) < 4.78 is 10.5. The molecule has 2 aromatic carbocycles. The van der Waals surface area contributed by atoms with Gasteiger partial charge in [0, 0.05) is 19.1 Å². The van der Waals surface area contributed by atoms with Gasteiger partial charge in [-0.25, -0.2) is 0 Å². The van der Waals surface area contributed by atoms with Gasteiger partial charge < -0.3 is 19.7 Å². The maximum atomic E-state index is 10.2. The molecule has 0 unspecified atom stereocenters. The molecule has 5 nitrogen and oxygen atoms in total. The maximum Gasteiger partial charge on any atom is 0.160 e. The average molecular weight is 364 g/mol. The average Bonchev–Trinajstić information content (AvgIpc) is 2.59.